The molecule has 0 spiro atoms. The van der Waals surface area contributed by atoms with Crippen molar-refractivity contribution >= 4 is 10.9 Å². The Bertz CT molecular complexity index is 567. The number of aryl methyl sites for hydroxylation is 1. The molecule has 1 heterocycles. The third kappa shape index (κ3) is 1.49. The summed E-state index contributed by atoms with van der Waals surface area (Å²) in [5, 5.41) is 4.32. The van der Waals surface area contributed by atoms with Gasteiger partial charge in [0.2, 0.25) is 0 Å². The topological polar surface area (TPSA) is 17.0 Å². The van der Waals surface area contributed by atoms with Crippen molar-refractivity contribution in [3.63, 3.8) is 0 Å². The number of nitrogens with zero attached hydrogens (tertiary/aromatic N) is 1. The zero-order chi connectivity index (χ0) is 12.0. The predicted octanol–water partition coefficient (Wildman–Crippen LogP) is 2.57. The second-order valence-electron chi connectivity index (χ2n) is 5.10. The molecular formula is C14H17FN2. The van der Waals surface area contributed by atoms with Crippen molar-refractivity contribution in [2.45, 2.75) is 18.3 Å². The lowest BCUT2D eigenvalue weighted by atomic mass is 9.95. The first-order chi connectivity index (χ1) is 8.18. The zero-order valence-electron chi connectivity index (χ0n) is 10.3. The highest BCUT2D eigenvalue weighted by Crippen LogP contribution is 2.50. The molecule has 90 valence electrons. The average Bonchev–Trinajstić information content (AvgIpc) is 2.99. The molecule has 1 aromatic carbocycles. The lowest BCUT2D eigenvalue weighted by molar-refractivity contribution is 0.626. The maximum Gasteiger partial charge on any atom is 0.147 e. The Labute approximate surface area is 100 Å². The summed E-state index contributed by atoms with van der Waals surface area (Å²) in [7, 11) is 3.90. The number of hydrogen-bond acceptors (Lipinski definition) is 1. The molecule has 1 saturated carbocycles. The highest BCUT2D eigenvalue weighted by atomic mass is 19.1. The molecule has 1 aliphatic rings. The molecular weight excluding hydrogens is 215 g/mol. The normalized spacial score (nSPS) is 17.6. The molecule has 0 atom stereocenters. The first-order valence-corrected chi connectivity index (χ1v) is 6.06. The van der Waals surface area contributed by atoms with Crippen LogP contribution in [0.5, 0.6) is 0 Å². The molecule has 0 unspecified atom stereocenters. The Balaban J connectivity index is 2.22. The van der Waals surface area contributed by atoms with E-state index in [2.05, 4.69) is 11.5 Å². The molecule has 2 nitrogen and oxygen atoms in total. The van der Waals surface area contributed by atoms with Gasteiger partial charge in [0, 0.05) is 30.6 Å². The maximum atomic E-state index is 13.8. The molecule has 0 amide bonds. The SMILES string of the molecule is CNCC1(c2cn(C)c3c(F)cccc23)CC1. The Kier molecular flexibility index (Phi) is 2.26. The van der Waals surface area contributed by atoms with E-state index in [0.29, 0.717) is 0 Å². The third-order valence-corrected chi connectivity index (χ3v) is 3.89. The van der Waals surface area contributed by atoms with Crippen molar-refractivity contribution < 1.29 is 4.39 Å². The van der Waals surface area contributed by atoms with Gasteiger partial charge in [-0.3, -0.25) is 0 Å². The Morgan fingerprint density at radius 3 is 2.82 bits per heavy atom. The number of rotatable bonds is 3. The fraction of sp³-hybridized carbons (Fsp3) is 0.429. The molecule has 2 aromatic rings. The van der Waals surface area contributed by atoms with Crippen molar-refractivity contribution in [2.24, 2.45) is 7.05 Å². The molecule has 17 heavy (non-hydrogen) atoms. The van der Waals surface area contributed by atoms with Crippen LogP contribution in [0.1, 0.15) is 18.4 Å². The number of fused-ring (bicyclic) bond motifs is 1. The van der Waals surface area contributed by atoms with E-state index in [1.165, 1.54) is 24.5 Å². The largest absolute Gasteiger partial charge is 0.348 e. The quantitative estimate of drug-likeness (QED) is 0.860. The van der Waals surface area contributed by atoms with Crippen LogP contribution in [0.25, 0.3) is 10.9 Å². The van der Waals surface area contributed by atoms with Crippen LogP contribution < -0.4 is 5.32 Å². The van der Waals surface area contributed by atoms with Crippen LogP contribution in [-0.4, -0.2) is 18.2 Å². The van der Waals surface area contributed by atoms with E-state index >= 15 is 0 Å². The van der Waals surface area contributed by atoms with Crippen molar-refractivity contribution in [2.75, 3.05) is 13.6 Å². The maximum absolute atomic E-state index is 13.8. The summed E-state index contributed by atoms with van der Waals surface area (Å²) >= 11 is 0. The number of likely N-dealkylation sites (N-methyl/N-ethyl adjacent to an activating group) is 1. The summed E-state index contributed by atoms with van der Waals surface area (Å²) in [6.45, 7) is 0.975. The number of halogens is 1. The van der Waals surface area contributed by atoms with E-state index in [-0.39, 0.29) is 11.2 Å². The first-order valence-electron chi connectivity index (χ1n) is 6.06. The average molecular weight is 232 g/mol. The van der Waals surface area contributed by atoms with Gasteiger partial charge in [0.1, 0.15) is 5.82 Å². The number of aromatic nitrogens is 1. The summed E-state index contributed by atoms with van der Waals surface area (Å²) in [6.07, 6.45) is 4.49. The number of benzene rings is 1. The molecule has 0 radical (unpaired) electrons. The second-order valence-corrected chi connectivity index (χ2v) is 5.10. The van der Waals surface area contributed by atoms with Crippen LogP contribution in [0.4, 0.5) is 4.39 Å². The van der Waals surface area contributed by atoms with Crippen LogP contribution >= 0.6 is 0 Å². The van der Waals surface area contributed by atoms with Crippen LogP contribution in [0.15, 0.2) is 24.4 Å². The van der Waals surface area contributed by atoms with E-state index in [4.69, 9.17) is 0 Å². The van der Waals surface area contributed by atoms with Crippen molar-refractivity contribution in [1.29, 1.82) is 0 Å². The zero-order valence-corrected chi connectivity index (χ0v) is 10.3. The third-order valence-electron chi connectivity index (χ3n) is 3.89. The second kappa shape index (κ2) is 3.57. The highest BCUT2D eigenvalue weighted by Gasteiger charge is 2.45. The fourth-order valence-electron chi connectivity index (χ4n) is 2.87. The van der Waals surface area contributed by atoms with Crippen LogP contribution in [0.2, 0.25) is 0 Å². The van der Waals surface area contributed by atoms with Gasteiger partial charge >= 0.3 is 0 Å². The van der Waals surface area contributed by atoms with Gasteiger partial charge < -0.3 is 9.88 Å². The molecule has 3 rings (SSSR count). The van der Waals surface area contributed by atoms with Crippen molar-refractivity contribution in [1.82, 2.24) is 9.88 Å². The smallest absolute Gasteiger partial charge is 0.147 e. The van der Waals surface area contributed by atoms with Gasteiger partial charge in [0.15, 0.2) is 0 Å². The Morgan fingerprint density at radius 1 is 1.41 bits per heavy atom. The van der Waals surface area contributed by atoms with Gasteiger partial charge in [-0.1, -0.05) is 12.1 Å². The van der Waals surface area contributed by atoms with Crippen LogP contribution in [0, 0.1) is 5.82 Å². The summed E-state index contributed by atoms with van der Waals surface area (Å²) in [6, 6.07) is 5.36. The highest BCUT2D eigenvalue weighted by molar-refractivity contribution is 5.86. The van der Waals surface area contributed by atoms with Gasteiger partial charge in [-0.25, -0.2) is 4.39 Å². The van der Waals surface area contributed by atoms with Crippen LogP contribution in [0.3, 0.4) is 0 Å². The molecule has 0 bridgehead atoms. The number of para-hydroxylation sites is 1. The molecule has 1 fully saturated rings. The predicted molar refractivity (Wildman–Crippen MR) is 67.7 cm³/mol. The molecule has 3 heteroatoms. The molecule has 0 aliphatic heterocycles. The van der Waals surface area contributed by atoms with Crippen molar-refractivity contribution in [3.05, 3.63) is 35.8 Å². The van der Waals surface area contributed by atoms with E-state index < -0.39 is 0 Å². The minimum absolute atomic E-state index is 0.128. The number of nitrogens with one attached hydrogen (secondary N) is 1. The summed E-state index contributed by atoms with van der Waals surface area (Å²) in [5.41, 5.74) is 2.26. The van der Waals surface area contributed by atoms with Crippen LogP contribution in [-0.2, 0) is 12.5 Å². The first kappa shape index (κ1) is 10.8. The molecule has 1 aliphatic carbocycles. The van der Waals surface area contributed by atoms with Gasteiger partial charge in [-0.15, -0.1) is 0 Å². The fourth-order valence-corrected chi connectivity index (χ4v) is 2.87. The van der Waals surface area contributed by atoms with Gasteiger partial charge in [-0.05, 0) is 31.5 Å². The Morgan fingerprint density at radius 2 is 2.18 bits per heavy atom. The van der Waals surface area contributed by atoms with Crippen molar-refractivity contribution in [3.8, 4) is 0 Å². The molecule has 1 aromatic heterocycles. The number of hydrogen-bond donors (Lipinski definition) is 1. The van der Waals surface area contributed by atoms with E-state index in [9.17, 15) is 4.39 Å². The van der Waals surface area contributed by atoms with Gasteiger partial charge in [0.25, 0.3) is 0 Å². The summed E-state index contributed by atoms with van der Waals surface area (Å²) in [4.78, 5) is 0. The monoisotopic (exact) mass is 232 g/mol. The lowest BCUT2D eigenvalue weighted by Crippen LogP contribution is -2.23. The summed E-state index contributed by atoms with van der Waals surface area (Å²) < 4.78 is 15.7. The van der Waals surface area contributed by atoms with E-state index in [1.807, 2.05) is 24.7 Å². The van der Waals surface area contributed by atoms with E-state index in [0.717, 1.165) is 17.4 Å². The molecule has 1 N–H and O–H groups in total. The summed E-state index contributed by atoms with van der Waals surface area (Å²) in [5.74, 6) is -0.128. The van der Waals surface area contributed by atoms with E-state index in [1.54, 1.807) is 6.07 Å². The minimum atomic E-state index is -0.128. The minimum Gasteiger partial charge on any atom is -0.348 e. The molecule has 0 saturated heterocycles. The Hall–Kier alpha value is -1.35. The lowest BCUT2D eigenvalue weighted by Gasteiger charge is -2.13. The van der Waals surface area contributed by atoms with Gasteiger partial charge in [-0.2, -0.15) is 0 Å². The standard InChI is InChI=1S/C14H17FN2/c1-16-9-14(6-7-14)11-8-17(2)13-10(11)4-3-5-12(13)15/h3-5,8,16H,6-7,9H2,1-2H3. The van der Waals surface area contributed by atoms with Gasteiger partial charge in [0.05, 0.1) is 5.52 Å².